The van der Waals surface area contributed by atoms with Gasteiger partial charge in [0.05, 0.1) is 23.8 Å². The van der Waals surface area contributed by atoms with Crippen LogP contribution in [0.5, 0.6) is 0 Å². The fraction of sp³-hybridized carbons (Fsp3) is 0.0667. The number of rotatable bonds is 0. The van der Waals surface area contributed by atoms with Crippen LogP contribution in [0.25, 0.3) is 11.0 Å². The Morgan fingerprint density at radius 1 is 1.00 bits per heavy atom. The maximum Gasteiger partial charge on any atom is 0.228 e. The zero-order valence-electron chi connectivity index (χ0n) is 10.3. The number of hydrogen-bond acceptors (Lipinski definition) is 2. The molecule has 0 saturated carbocycles. The van der Waals surface area contributed by atoms with Crippen LogP contribution in [-0.2, 0) is 11.2 Å². The van der Waals surface area contributed by atoms with Crippen molar-refractivity contribution in [3.8, 4) is 0 Å². The summed E-state index contributed by atoms with van der Waals surface area (Å²) >= 11 is 0. The predicted molar refractivity (Wildman–Crippen MR) is 74.9 cm³/mol. The second-order valence-electron chi connectivity index (χ2n) is 4.30. The van der Waals surface area contributed by atoms with E-state index < -0.39 is 0 Å². The molecule has 19 heavy (non-hydrogen) atoms. The Bertz CT molecular complexity index is 661. The molecule has 1 aliphatic rings. The molecule has 4 rings (SSSR count). The van der Waals surface area contributed by atoms with Crippen LogP contribution in [0.1, 0.15) is 5.56 Å². The van der Waals surface area contributed by atoms with Crippen molar-refractivity contribution in [3.05, 3.63) is 60.4 Å². The molecule has 0 atom stereocenters. The second kappa shape index (κ2) is 4.94. The number of amides is 1. The highest BCUT2D eigenvalue weighted by molar-refractivity contribution is 5.98. The summed E-state index contributed by atoms with van der Waals surface area (Å²) in [5.74, 6) is 0.0983. The van der Waals surface area contributed by atoms with E-state index in [4.69, 9.17) is 0 Å². The van der Waals surface area contributed by atoms with Gasteiger partial charge in [0, 0.05) is 5.69 Å². The Balaban J connectivity index is 0.000000117. The molecule has 0 spiro atoms. The number of carbonyl (C=O) groups is 1. The molecule has 2 aromatic carbocycles. The minimum Gasteiger partial charge on any atom is -0.345 e. The van der Waals surface area contributed by atoms with Crippen LogP contribution in [0.3, 0.4) is 0 Å². The Labute approximate surface area is 110 Å². The number of H-pyrrole nitrogens is 1. The van der Waals surface area contributed by atoms with Gasteiger partial charge >= 0.3 is 0 Å². The van der Waals surface area contributed by atoms with Crippen LogP contribution in [0.2, 0.25) is 0 Å². The lowest BCUT2D eigenvalue weighted by molar-refractivity contribution is -0.115. The summed E-state index contributed by atoms with van der Waals surface area (Å²) in [6, 6.07) is 15.7. The van der Waals surface area contributed by atoms with E-state index in [9.17, 15) is 4.79 Å². The van der Waals surface area contributed by atoms with Crippen molar-refractivity contribution in [2.75, 3.05) is 5.32 Å². The summed E-state index contributed by atoms with van der Waals surface area (Å²) in [5, 5.41) is 2.76. The molecule has 0 radical (unpaired) electrons. The number of aromatic amines is 1. The lowest BCUT2D eigenvalue weighted by atomic mass is 10.2. The first kappa shape index (κ1) is 11.5. The standard InChI is InChI=1S/C8H7NO.C7H6N2/c10-8-5-6-3-1-2-4-7(6)9-8;1-2-4-7-6(3-1)8-5-9-7/h1-4H,5H2,(H,9,10);1-5H,(H,8,9). The van der Waals surface area contributed by atoms with E-state index >= 15 is 0 Å². The van der Waals surface area contributed by atoms with Crippen molar-refractivity contribution < 1.29 is 4.79 Å². The van der Waals surface area contributed by atoms with Gasteiger partial charge in [-0.15, -0.1) is 0 Å². The number of fused-ring (bicyclic) bond motifs is 2. The minimum atomic E-state index is 0.0983. The summed E-state index contributed by atoms with van der Waals surface area (Å²) in [6.07, 6.45) is 2.24. The first-order chi connectivity index (χ1) is 9.33. The molecule has 0 saturated heterocycles. The number of benzene rings is 2. The van der Waals surface area contributed by atoms with Gasteiger partial charge in [-0.25, -0.2) is 4.98 Å². The van der Waals surface area contributed by atoms with E-state index in [1.165, 1.54) is 0 Å². The molecule has 4 heteroatoms. The van der Waals surface area contributed by atoms with Gasteiger partial charge in [-0.1, -0.05) is 30.3 Å². The number of aromatic nitrogens is 2. The number of carbonyl (C=O) groups excluding carboxylic acids is 1. The van der Waals surface area contributed by atoms with Gasteiger partial charge < -0.3 is 10.3 Å². The van der Waals surface area contributed by atoms with Gasteiger partial charge in [0.15, 0.2) is 0 Å². The molecular weight excluding hydrogens is 238 g/mol. The molecule has 2 N–H and O–H groups in total. The summed E-state index contributed by atoms with van der Waals surface area (Å²) in [4.78, 5) is 17.9. The molecular formula is C15H13N3O. The van der Waals surface area contributed by atoms with Crippen molar-refractivity contribution in [1.82, 2.24) is 9.97 Å². The normalized spacial score (nSPS) is 12.5. The maximum absolute atomic E-state index is 10.8. The van der Waals surface area contributed by atoms with E-state index in [-0.39, 0.29) is 5.91 Å². The predicted octanol–water partition coefficient (Wildman–Crippen LogP) is 2.74. The van der Waals surface area contributed by atoms with Gasteiger partial charge in [0.25, 0.3) is 0 Å². The summed E-state index contributed by atoms with van der Waals surface area (Å²) in [5.41, 5.74) is 4.19. The van der Waals surface area contributed by atoms with Crippen LogP contribution >= 0.6 is 0 Å². The summed E-state index contributed by atoms with van der Waals surface area (Å²) < 4.78 is 0. The number of nitrogens with zero attached hydrogens (tertiary/aromatic N) is 1. The van der Waals surface area contributed by atoms with Crippen LogP contribution in [0.15, 0.2) is 54.9 Å². The number of imidazole rings is 1. The molecule has 0 bridgehead atoms. The van der Waals surface area contributed by atoms with Crippen LogP contribution in [-0.4, -0.2) is 15.9 Å². The molecule has 0 fully saturated rings. The molecule has 1 amide bonds. The molecule has 2 heterocycles. The highest BCUT2D eigenvalue weighted by Gasteiger charge is 2.15. The van der Waals surface area contributed by atoms with Crippen LogP contribution in [0.4, 0.5) is 5.69 Å². The molecule has 1 aromatic heterocycles. The maximum atomic E-state index is 10.8. The number of hydrogen-bond donors (Lipinski definition) is 2. The molecule has 0 aliphatic carbocycles. The van der Waals surface area contributed by atoms with Crippen molar-refractivity contribution in [3.63, 3.8) is 0 Å². The molecule has 4 nitrogen and oxygen atoms in total. The first-order valence-corrected chi connectivity index (χ1v) is 6.09. The SMILES string of the molecule is O=C1Cc2ccccc2N1.c1ccc2[nH]cnc2c1. The van der Waals surface area contributed by atoms with E-state index in [1.54, 1.807) is 6.33 Å². The van der Waals surface area contributed by atoms with Crippen molar-refractivity contribution in [2.45, 2.75) is 6.42 Å². The third-order valence-electron chi connectivity index (χ3n) is 2.97. The zero-order chi connectivity index (χ0) is 13.1. The van der Waals surface area contributed by atoms with Gasteiger partial charge in [-0.3, -0.25) is 4.79 Å². The van der Waals surface area contributed by atoms with Crippen LogP contribution in [0, 0.1) is 0 Å². The van der Waals surface area contributed by atoms with Gasteiger partial charge in [-0.2, -0.15) is 0 Å². The molecule has 94 valence electrons. The smallest absolute Gasteiger partial charge is 0.228 e. The van der Waals surface area contributed by atoms with E-state index in [0.717, 1.165) is 22.3 Å². The lowest BCUT2D eigenvalue weighted by Gasteiger charge is -1.93. The van der Waals surface area contributed by atoms with E-state index in [0.29, 0.717) is 6.42 Å². The monoisotopic (exact) mass is 251 g/mol. The number of anilines is 1. The topological polar surface area (TPSA) is 57.8 Å². The van der Waals surface area contributed by atoms with Crippen LogP contribution < -0.4 is 5.32 Å². The van der Waals surface area contributed by atoms with Crippen molar-refractivity contribution in [2.24, 2.45) is 0 Å². The highest BCUT2D eigenvalue weighted by Crippen LogP contribution is 2.20. The average molecular weight is 251 g/mol. The van der Waals surface area contributed by atoms with E-state index in [2.05, 4.69) is 15.3 Å². The highest BCUT2D eigenvalue weighted by atomic mass is 16.1. The molecule has 3 aromatic rings. The Morgan fingerprint density at radius 3 is 2.63 bits per heavy atom. The minimum absolute atomic E-state index is 0.0983. The zero-order valence-corrected chi connectivity index (χ0v) is 10.3. The quantitative estimate of drug-likeness (QED) is 0.645. The lowest BCUT2D eigenvalue weighted by Crippen LogP contribution is -2.03. The Kier molecular flexibility index (Phi) is 2.98. The largest absolute Gasteiger partial charge is 0.345 e. The third-order valence-corrected chi connectivity index (χ3v) is 2.97. The van der Waals surface area contributed by atoms with Gasteiger partial charge in [-0.05, 0) is 23.8 Å². The molecule has 0 unspecified atom stereocenters. The third kappa shape index (κ3) is 2.47. The number of nitrogens with one attached hydrogen (secondary N) is 2. The second-order valence-corrected chi connectivity index (χ2v) is 4.30. The summed E-state index contributed by atoms with van der Waals surface area (Å²) in [7, 11) is 0. The Morgan fingerprint density at radius 2 is 1.79 bits per heavy atom. The molecule has 1 aliphatic heterocycles. The fourth-order valence-electron chi connectivity index (χ4n) is 2.04. The van der Waals surface area contributed by atoms with Crippen molar-refractivity contribution in [1.29, 1.82) is 0 Å². The fourth-order valence-corrected chi connectivity index (χ4v) is 2.04. The summed E-state index contributed by atoms with van der Waals surface area (Å²) in [6.45, 7) is 0. The van der Waals surface area contributed by atoms with Gasteiger partial charge in [0.1, 0.15) is 0 Å². The average Bonchev–Trinajstić information content (AvgIpc) is 3.03. The first-order valence-electron chi connectivity index (χ1n) is 6.09. The Hall–Kier alpha value is -2.62. The number of para-hydroxylation sites is 3. The van der Waals surface area contributed by atoms with E-state index in [1.807, 2.05) is 48.5 Å². The van der Waals surface area contributed by atoms with Crippen molar-refractivity contribution >= 4 is 22.6 Å². The van der Waals surface area contributed by atoms with Gasteiger partial charge in [0.2, 0.25) is 5.91 Å².